The maximum Gasteiger partial charge on any atom is 0.284 e. The van der Waals surface area contributed by atoms with Crippen molar-refractivity contribution >= 4 is 35.2 Å². The van der Waals surface area contributed by atoms with Crippen molar-refractivity contribution in [1.82, 2.24) is 14.5 Å². The topological polar surface area (TPSA) is 117 Å². The first kappa shape index (κ1) is 22.4. The Balaban J connectivity index is 1.54. The smallest absolute Gasteiger partial charge is 0.284 e. The number of aromatic nitrogens is 2. The molecule has 2 amide bonds. The number of hydrogen-bond acceptors (Lipinski definition) is 6. The van der Waals surface area contributed by atoms with Gasteiger partial charge in [0, 0.05) is 18.1 Å². The van der Waals surface area contributed by atoms with Crippen molar-refractivity contribution in [3.05, 3.63) is 70.2 Å². The van der Waals surface area contributed by atoms with Gasteiger partial charge in [-0.05, 0) is 37.0 Å². The highest BCUT2D eigenvalue weighted by atomic mass is 35.5. The molecule has 34 heavy (non-hydrogen) atoms. The van der Waals surface area contributed by atoms with Crippen LogP contribution in [0.3, 0.4) is 0 Å². The summed E-state index contributed by atoms with van der Waals surface area (Å²) in [6.45, 7) is 3.03. The predicted molar refractivity (Wildman–Crippen MR) is 129 cm³/mol. The third-order valence-corrected chi connectivity index (χ3v) is 6.62. The van der Waals surface area contributed by atoms with Gasteiger partial charge in [0.05, 0.1) is 18.7 Å². The minimum absolute atomic E-state index is 0.00120. The Morgan fingerprint density at radius 3 is 2.74 bits per heavy atom. The summed E-state index contributed by atoms with van der Waals surface area (Å²) >= 11 is 6.13. The monoisotopic (exact) mass is 480 g/mol. The van der Waals surface area contributed by atoms with Crippen LogP contribution in [0.1, 0.15) is 40.0 Å². The number of aliphatic imine (C=N–C) groups is 1. The van der Waals surface area contributed by atoms with Crippen LogP contribution < -0.4 is 10.6 Å². The van der Waals surface area contributed by atoms with Gasteiger partial charge in [-0.3, -0.25) is 19.4 Å². The molecule has 1 unspecified atom stereocenters. The summed E-state index contributed by atoms with van der Waals surface area (Å²) in [5, 5.41) is 10.2. The fourth-order valence-corrected chi connectivity index (χ4v) is 4.87. The average Bonchev–Trinajstić information content (AvgIpc) is 3.39. The Morgan fingerprint density at radius 2 is 2.06 bits per heavy atom. The molecule has 9 nitrogen and oxygen atoms in total. The van der Waals surface area contributed by atoms with E-state index >= 15 is 0 Å². The van der Waals surface area contributed by atoms with E-state index in [0.29, 0.717) is 42.0 Å². The molecule has 3 heterocycles. The number of fused-ring (bicyclic) bond motifs is 3. The van der Waals surface area contributed by atoms with E-state index in [0.717, 1.165) is 17.6 Å². The third-order valence-electron chi connectivity index (χ3n) is 6.26. The number of anilines is 1. The van der Waals surface area contributed by atoms with Crippen molar-refractivity contribution in [1.29, 1.82) is 0 Å². The maximum atomic E-state index is 13.6. The molecule has 0 saturated heterocycles. The molecule has 1 aliphatic carbocycles. The number of amides is 2. The first-order valence-electron chi connectivity index (χ1n) is 11.2. The summed E-state index contributed by atoms with van der Waals surface area (Å²) in [6, 6.07) is 10.0. The lowest BCUT2D eigenvalue weighted by Crippen LogP contribution is -2.50. The van der Waals surface area contributed by atoms with Gasteiger partial charge in [0.2, 0.25) is 11.8 Å². The quantitative estimate of drug-likeness (QED) is 0.656. The Kier molecular flexibility index (Phi) is 5.75. The molecule has 0 saturated carbocycles. The third kappa shape index (κ3) is 3.80. The highest BCUT2D eigenvalue weighted by Crippen LogP contribution is 2.34. The molecule has 3 N–H and O–H groups in total. The van der Waals surface area contributed by atoms with Gasteiger partial charge in [-0.15, -0.1) is 0 Å². The van der Waals surface area contributed by atoms with E-state index in [1.165, 1.54) is 0 Å². The number of aliphatic hydroxyl groups excluding tert-OH is 1. The first-order chi connectivity index (χ1) is 16.4. The van der Waals surface area contributed by atoms with Crippen LogP contribution in [-0.4, -0.2) is 62.6 Å². The molecule has 0 bridgehead atoms. The Hall–Kier alpha value is -3.43. The van der Waals surface area contributed by atoms with Crippen LogP contribution in [0.2, 0.25) is 0 Å². The van der Waals surface area contributed by atoms with E-state index < -0.39 is 12.0 Å². The van der Waals surface area contributed by atoms with Gasteiger partial charge < -0.3 is 15.4 Å². The van der Waals surface area contributed by atoms with Crippen LogP contribution in [0.25, 0.3) is 0 Å². The van der Waals surface area contributed by atoms with Crippen LogP contribution in [-0.2, 0) is 13.0 Å². The summed E-state index contributed by atoms with van der Waals surface area (Å²) in [5.74, 6) is -0.0674. The lowest BCUT2D eigenvalue weighted by Gasteiger charge is -2.33. The molecule has 3 aliphatic rings. The average molecular weight is 481 g/mol. The zero-order chi connectivity index (χ0) is 24.0. The van der Waals surface area contributed by atoms with E-state index in [4.69, 9.17) is 22.3 Å². The highest BCUT2D eigenvalue weighted by Gasteiger charge is 2.44. The molecule has 0 radical (unpaired) electrons. The van der Waals surface area contributed by atoms with Crippen LogP contribution in [0.5, 0.6) is 0 Å². The van der Waals surface area contributed by atoms with Crippen molar-refractivity contribution < 1.29 is 14.7 Å². The molecule has 176 valence electrons. The molecular weight excluding hydrogens is 456 g/mol. The minimum Gasteiger partial charge on any atom is -0.387 e. The largest absolute Gasteiger partial charge is 0.387 e. The molecule has 2 atom stereocenters. The number of primary amides is 1. The number of hydrogen-bond donors (Lipinski definition) is 2. The van der Waals surface area contributed by atoms with E-state index in [1.807, 2.05) is 36.1 Å². The lowest BCUT2D eigenvalue weighted by atomic mass is 10.0. The second kappa shape index (κ2) is 8.73. The standard InChI is InChI=1S/C24H25ClN6O3/c1-2-29-23(34)19-21(31-13-16(27-24(29)31)10-14-6-4-3-5-7-14)28-22(20(26)33)30(19)12-15-8-9-18(32)17(25)11-15/h3-8,11,16,18,32H,2,9-10,12-13H2,1H3,(H2,26,33)/t16-,18?/m1/s1. The first-order valence-corrected chi connectivity index (χ1v) is 11.6. The predicted octanol–water partition coefficient (Wildman–Crippen LogP) is 2.06. The van der Waals surface area contributed by atoms with Gasteiger partial charge in [-0.2, -0.15) is 0 Å². The van der Waals surface area contributed by atoms with Gasteiger partial charge in [0.25, 0.3) is 11.8 Å². The van der Waals surface area contributed by atoms with Crippen molar-refractivity contribution in [2.75, 3.05) is 18.0 Å². The van der Waals surface area contributed by atoms with Crippen molar-refractivity contribution in [2.24, 2.45) is 10.7 Å². The molecule has 2 aromatic rings. The van der Waals surface area contributed by atoms with Gasteiger partial charge in [-0.25, -0.2) is 9.98 Å². The number of nitrogens with two attached hydrogens (primary N) is 1. The molecule has 0 spiro atoms. The number of halogens is 1. The second-order valence-electron chi connectivity index (χ2n) is 8.55. The number of nitrogens with zero attached hydrogens (tertiary/aromatic N) is 5. The normalized spacial score (nSPS) is 21.6. The molecule has 0 fully saturated rings. The number of rotatable bonds is 6. The van der Waals surface area contributed by atoms with E-state index in [1.54, 1.807) is 15.5 Å². The number of carbonyl (C=O) groups is 2. The Labute approximate surface area is 201 Å². The molecule has 1 aromatic carbocycles. The number of benzene rings is 1. The van der Waals surface area contributed by atoms with Crippen LogP contribution >= 0.6 is 11.6 Å². The molecule has 10 heteroatoms. The molecule has 1 aromatic heterocycles. The number of imidazole rings is 1. The second-order valence-corrected chi connectivity index (χ2v) is 8.99. The fourth-order valence-electron chi connectivity index (χ4n) is 4.65. The van der Waals surface area contributed by atoms with Crippen LogP contribution in [0, 0.1) is 0 Å². The van der Waals surface area contributed by atoms with Gasteiger partial charge in [0.1, 0.15) is 0 Å². The highest BCUT2D eigenvalue weighted by molar-refractivity contribution is 6.30. The zero-order valence-electron chi connectivity index (χ0n) is 18.7. The van der Waals surface area contributed by atoms with Crippen LogP contribution in [0.4, 0.5) is 5.82 Å². The fraction of sp³-hybridized carbons (Fsp3) is 0.333. The van der Waals surface area contributed by atoms with Crippen molar-refractivity contribution in [3.63, 3.8) is 0 Å². The van der Waals surface area contributed by atoms with E-state index in [2.05, 4.69) is 17.1 Å². The number of guanidine groups is 1. The van der Waals surface area contributed by atoms with Gasteiger partial charge >= 0.3 is 0 Å². The molecule has 5 rings (SSSR count). The van der Waals surface area contributed by atoms with Crippen molar-refractivity contribution in [2.45, 2.75) is 38.5 Å². The van der Waals surface area contributed by atoms with Crippen LogP contribution in [0.15, 0.2) is 58.1 Å². The molecular formula is C24H25ClN6O3. The van der Waals surface area contributed by atoms with Gasteiger partial charge in [-0.1, -0.05) is 48.0 Å². The lowest BCUT2D eigenvalue weighted by molar-refractivity contribution is 0.0836. The summed E-state index contributed by atoms with van der Waals surface area (Å²) < 4.78 is 1.55. The SMILES string of the molecule is CCN1C(=O)c2c(nc(C(N)=O)n2CC2=CCC(O)C(Cl)=C2)N2C[C@@H](Cc3ccccc3)N=C12. The minimum atomic E-state index is -0.750. The summed E-state index contributed by atoms with van der Waals surface area (Å²) in [4.78, 5) is 38.8. The van der Waals surface area contributed by atoms with E-state index in [-0.39, 0.29) is 24.3 Å². The summed E-state index contributed by atoms with van der Waals surface area (Å²) in [5.41, 5.74) is 7.88. The number of allylic oxidation sites excluding steroid dienone is 2. The van der Waals surface area contributed by atoms with Gasteiger partial charge in [0.15, 0.2) is 11.5 Å². The Bertz CT molecular complexity index is 1250. The van der Waals surface area contributed by atoms with E-state index in [9.17, 15) is 14.7 Å². The maximum absolute atomic E-state index is 13.6. The molecule has 2 aliphatic heterocycles. The van der Waals surface area contributed by atoms with Crippen molar-refractivity contribution in [3.8, 4) is 0 Å². The number of carbonyl (C=O) groups excluding carboxylic acids is 2. The zero-order valence-corrected chi connectivity index (χ0v) is 19.4. The summed E-state index contributed by atoms with van der Waals surface area (Å²) in [6.07, 6.45) is 3.81. The number of aliphatic hydroxyl groups is 1. The summed E-state index contributed by atoms with van der Waals surface area (Å²) in [7, 11) is 0. The Morgan fingerprint density at radius 1 is 1.29 bits per heavy atom.